The monoisotopic (exact) mass is 156 g/mol. The van der Waals surface area contributed by atoms with Crippen LogP contribution in [-0.2, 0) is 25.3 Å². The van der Waals surface area contributed by atoms with Gasteiger partial charge in [0.25, 0.3) is 0 Å². The van der Waals surface area contributed by atoms with Crippen LogP contribution in [0.15, 0.2) is 0 Å². The molecule has 0 aromatic rings. The summed E-state index contributed by atoms with van der Waals surface area (Å²) >= 11 is 4.09. The Morgan fingerprint density at radius 1 is 1.25 bits per heavy atom. The van der Waals surface area contributed by atoms with Crippen LogP contribution in [0, 0.1) is 0 Å². The first-order chi connectivity index (χ1) is 3.72. The van der Waals surface area contributed by atoms with Crippen molar-refractivity contribution in [2.45, 2.75) is 12.8 Å². The van der Waals surface area contributed by atoms with Crippen molar-refractivity contribution in [3.05, 3.63) is 0 Å². The predicted octanol–water partition coefficient (Wildman–Crippen LogP) is -0.403. The third kappa shape index (κ3) is 0.758. The second-order valence-electron chi connectivity index (χ2n) is 1.54. The van der Waals surface area contributed by atoms with E-state index in [4.69, 9.17) is 0 Å². The number of carbonyl (C=O) groups excluding carboxylic acids is 2. The number of hydrogen-bond acceptors (Lipinski definition) is 2. The molecule has 0 N–H and O–H groups in total. The molecule has 1 fully saturated rings. The molecule has 0 atom stereocenters. The summed E-state index contributed by atoms with van der Waals surface area (Å²) in [6.07, 6.45) is 0.609. The topological polar surface area (TPSA) is 37.4 Å². The van der Waals surface area contributed by atoms with Gasteiger partial charge in [0.15, 0.2) is 0 Å². The van der Waals surface area contributed by atoms with Gasteiger partial charge in [0, 0.05) is 0 Å². The van der Waals surface area contributed by atoms with E-state index in [1.165, 1.54) is 0 Å². The molecule has 47 valence electrons. The van der Waals surface area contributed by atoms with Gasteiger partial charge >= 0.3 is 53.9 Å². The first-order valence-electron chi connectivity index (χ1n) is 2.20. The van der Waals surface area contributed by atoms with E-state index in [2.05, 4.69) is 15.7 Å². The summed E-state index contributed by atoms with van der Waals surface area (Å²) in [6.45, 7) is 0. The van der Waals surface area contributed by atoms with Gasteiger partial charge in [-0.25, -0.2) is 0 Å². The second kappa shape index (κ2) is 1.86. The first-order valence-corrected chi connectivity index (χ1v) is 2.65. The molecule has 0 unspecified atom stereocenters. The average molecular weight is 157 g/mol. The summed E-state index contributed by atoms with van der Waals surface area (Å²) in [6, 6.07) is 0. The fourth-order valence-electron chi connectivity index (χ4n) is 0.535. The second-order valence-corrected chi connectivity index (χ2v) is 1.98. The average Bonchev–Trinajstić information content (AvgIpc) is 1.98. The van der Waals surface area contributed by atoms with E-state index < -0.39 is 0 Å². The van der Waals surface area contributed by atoms with Gasteiger partial charge in [-0.2, -0.15) is 0 Å². The molecule has 0 saturated carbocycles. The molecule has 0 aliphatic carbocycles. The summed E-state index contributed by atoms with van der Waals surface area (Å²) in [5, 5.41) is 0. The van der Waals surface area contributed by atoms with Crippen LogP contribution in [0.5, 0.6) is 0 Å². The van der Waals surface area contributed by atoms with E-state index in [1.807, 2.05) is 0 Å². The fourth-order valence-corrected chi connectivity index (χ4v) is 0.756. The summed E-state index contributed by atoms with van der Waals surface area (Å²) in [5.41, 5.74) is 0. The zero-order valence-electron chi connectivity index (χ0n) is 3.99. The third-order valence-corrected chi connectivity index (χ3v) is 1.45. The van der Waals surface area contributed by atoms with Crippen LogP contribution in [0.1, 0.15) is 12.8 Å². The van der Waals surface area contributed by atoms with E-state index in [0.717, 1.165) is 3.98 Å². The molecule has 1 heterocycles. The summed E-state index contributed by atoms with van der Waals surface area (Å²) in [5.74, 6) is -0.454. The molecule has 0 aromatic carbocycles. The van der Waals surface area contributed by atoms with Gasteiger partial charge in [-0.1, -0.05) is 0 Å². The Morgan fingerprint density at radius 3 is 1.75 bits per heavy atom. The van der Waals surface area contributed by atoms with Crippen LogP contribution in [-0.4, -0.2) is 15.8 Å². The van der Waals surface area contributed by atoms with Crippen molar-refractivity contribution >= 4 is 11.8 Å². The van der Waals surface area contributed by atoms with Crippen LogP contribution < -0.4 is 0 Å². The third-order valence-electron chi connectivity index (χ3n) is 0.960. The van der Waals surface area contributed by atoms with Crippen LogP contribution >= 0.6 is 0 Å². The number of carbonyl (C=O) groups is 2. The molecule has 1 rings (SSSR count). The van der Waals surface area contributed by atoms with Gasteiger partial charge in [-0.05, 0) is 0 Å². The molecule has 2 amide bonds. The minimum absolute atomic E-state index is 0.227. The van der Waals surface area contributed by atoms with Crippen molar-refractivity contribution in [1.29, 1.82) is 0 Å². The van der Waals surface area contributed by atoms with Crippen LogP contribution in [0.2, 0.25) is 0 Å². The number of amides is 2. The number of hydrogen-bond donors (Lipinski definition) is 0. The Kier molecular flexibility index (Phi) is 1.34. The van der Waals surface area contributed by atoms with Crippen LogP contribution in [0.25, 0.3) is 0 Å². The maximum atomic E-state index is 10.4. The van der Waals surface area contributed by atoms with Crippen LogP contribution in [0.3, 0.4) is 0 Å². The van der Waals surface area contributed by atoms with Crippen molar-refractivity contribution < 1.29 is 25.3 Å². The Morgan fingerprint density at radius 2 is 1.62 bits per heavy atom. The Hall–Kier alpha value is -0.366. The Labute approximate surface area is 54.6 Å². The first kappa shape index (κ1) is 5.76. The normalized spacial score (nSPS) is 20.5. The van der Waals surface area contributed by atoms with E-state index >= 15 is 0 Å². The zero-order chi connectivity index (χ0) is 6.15. The molecule has 3 nitrogen and oxygen atoms in total. The van der Waals surface area contributed by atoms with E-state index in [1.54, 1.807) is 0 Å². The molecule has 0 spiro atoms. The molecule has 4 heteroatoms. The molecule has 1 aliphatic heterocycles. The number of nitrogens with zero attached hydrogens (tertiary/aromatic N) is 1. The molecule has 8 heavy (non-hydrogen) atoms. The molecule has 1 aliphatic rings. The van der Waals surface area contributed by atoms with Crippen molar-refractivity contribution in [2.75, 3.05) is 0 Å². The van der Waals surface area contributed by atoms with Gasteiger partial charge < -0.3 is 0 Å². The molecule has 0 bridgehead atoms. The van der Waals surface area contributed by atoms with Gasteiger partial charge in [0.1, 0.15) is 0 Å². The zero-order valence-corrected chi connectivity index (χ0v) is 4.98. The fraction of sp³-hybridized carbons (Fsp3) is 0.500. The minimum atomic E-state index is -0.227. The van der Waals surface area contributed by atoms with Gasteiger partial charge in [0.2, 0.25) is 0 Å². The van der Waals surface area contributed by atoms with Crippen molar-refractivity contribution in [3.8, 4) is 0 Å². The van der Waals surface area contributed by atoms with Crippen molar-refractivity contribution in [2.24, 2.45) is 0 Å². The molecular weight excluding hydrogens is 153 g/mol. The molecular formula is C4H4NNiO2. The van der Waals surface area contributed by atoms with Crippen molar-refractivity contribution in [3.63, 3.8) is 0 Å². The standard InChI is InChI=1S/C4H5NO2.Ni/c6-3-1-2-4(7)5-3;/h1-2H2,(H,5,6,7);/q;+1/p-1. The van der Waals surface area contributed by atoms with Crippen molar-refractivity contribution in [1.82, 2.24) is 3.98 Å². The van der Waals surface area contributed by atoms with Crippen LogP contribution in [0.4, 0.5) is 0 Å². The summed E-state index contributed by atoms with van der Waals surface area (Å²) in [4.78, 5) is 20.8. The molecule has 0 aromatic heterocycles. The summed E-state index contributed by atoms with van der Waals surface area (Å²) in [7, 11) is 0. The van der Waals surface area contributed by atoms with E-state index in [9.17, 15) is 9.59 Å². The Balaban J connectivity index is 2.70. The number of rotatable bonds is 0. The maximum absolute atomic E-state index is 10.4. The predicted molar refractivity (Wildman–Crippen MR) is 21.1 cm³/mol. The molecule has 1 saturated heterocycles. The quantitative estimate of drug-likeness (QED) is 0.354. The Bertz CT molecular complexity index is 129. The summed E-state index contributed by atoms with van der Waals surface area (Å²) < 4.78 is 0.792. The SMILES string of the molecule is O=C1CCC(=O)[N]1[Ni]. The van der Waals surface area contributed by atoms with E-state index in [0.29, 0.717) is 12.8 Å². The van der Waals surface area contributed by atoms with E-state index in [-0.39, 0.29) is 11.8 Å². The van der Waals surface area contributed by atoms with Gasteiger partial charge in [0.05, 0.1) is 0 Å². The van der Waals surface area contributed by atoms with Gasteiger partial charge in [-0.3, -0.25) is 0 Å². The van der Waals surface area contributed by atoms with Gasteiger partial charge in [-0.15, -0.1) is 0 Å². The molecule has 0 radical (unpaired) electrons. The number of imide groups is 1.